The minimum Gasteiger partial charge on any atom is -0.434 e. The number of rotatable bonds is 3. The van der Waals surface area contributed by atoms with E-state index in [2.05, 4.69) is 52.5 Å². The summed E-state index contributed by atoms with van der Waals surface area (Å²) in [7, 11) is 0. The highest BCUT2D eigenvalue weighted by atomic mass is 79.9. The van der Waals surface area contributed by atoms with Gasteiger partial charge in [-0.05, 0) is 44.0 Å². The van der Waals surface area contributed by atoms with Gasteiger partial charge in [0, 0.05) is 19.8 Å². The summed E-state index contributed by atoms with van der Waals surface area (Å²) in [6, 6.07) is 3.14. The van der Waals surface area contributed by atoms with E-state index in [1.165, 1.54) is 6.07 Å². The number of hydrogen-bond acceptors (Lipinski definition) is 1. The molecule has 78 valence electrons. The highest BCUT2D eigenvalue weighted by molar-refractivity contribution is 9.13. The van der Waals surface area contributed by atoms with Crippen LogP contribution in [0.3, 0.4) is 0 Å². The number of alkyl halides is 3. The molecule has 0 fully saturated rings. The van der Waals surface area contributed by atoms with Crippen LogP contribution in [0.5, 0.6) is 5.75 Å². The molecule has 0 N–H and O–H groups in total. The lowest BCUT2D eigenvalue weighted by Gasteiger charge is -2.11. The van der Waals surface area contributed by atoms with E-state index in [1.54, 1.807) is 6.07 Å². The first-order chi connectivity index (χ1) is 6.56. The highest BCUT2D eigenvalue weighted by Gasteiger charge is 2.13. The van der Waals surface area contributed by atoms with Crippen molar-refractivity contribution in [3.8, 4) is 5.75 Å². The lowest BCUT2D eigenvalue weighted by molar-refractivity contribution is -0.0503. The van der Waals surface area contributed by atoms with Crippen molar-refractivity contribution in [2.45, 2.75) is 11.9 Å². The topological polar surface area (TPSA) is 9.23 Å². The van der Waals surface area contributed by atoms with Crippen molar-refractivity contribution in [3.63, 3.8) is 0 Å². The van der Waals surface area contributed by atoms with E-state index in [4.69, 9.17) is 0 Å². The lowest BCUT2D eigenvalue weighted by atomic mass is 10.2. The van der Waals surface area contributed by atoms with Gasteiger partial charge in [0.15, 0.2) is 0 Å². The van der Waals surface area contributed by atoms with Gasteiger partial charge in [-0.15, -0.1) is 0 Å². The summed E-state index contributed by atoms with van der Waals surface area (Å²) in [5.74, 6) is 0.173. The molecule has 0 saturated carbocycles. The first-order valence-corrected chi connectivity index (χ1v) is 6.24. The van der Waals surface area contributed by atoms with Crippen molar-refractivity contribution in [1.82, 2.24) is 0 Å². The SMILES string of the molecule is FC(F)Oc1ccc(Br)c(Br)c1CBr. The van der Waals surface area contributed by atoms with E-state index in [1.807, 2.05) is 0 Å². The molecule has 14 heavy (non-hydrogen) atoms. The van der Waals surface area contributed by atoms with Crippen LogP contribution in [0.1, 0.15) is 5.56 Å². The van der Waals surface area contributed by atoms with E-state index in [0.717, 1.165) is 4.47 Å². The molecule has 0 amide bonds. The molecule has 1 rings (SSSR count). The quantitative estimate of drug-likeness (QED) is 0.675. The minimum atomic E-state index is -2.80. The summed E-state index contributed by atoms with van der Waals surface area (Å²) in [5, 5.41) is 0.440. The fourth-order valence-corrected chi connectivity index (χ4v) is 2.68. The molecule has 0 radical (unpaired) electrons. The third kappa shape index (κ3) is 2.90. The Morgan fingerprint density at radius 1 is 1.29 bits per heavy atom. The second-order valence-electron chi connectivity index (χ2n) is 2.35. The highest BCUT2D eigenvalue weighted by Crippen LogP contribution is 2.35. The van der Waals surface area contributed by atoms with Gasteiger partial charge in [-0.25, -0.2) is 0 Å². The summed E-state index contributed by atoms with van der Waals surface area (Å²) < 4.78 is 29.9. The monoisotopic (exact) mass is 392 g/mol. The summed E-state index contributed by atoms with van der Waals surface area (Å²) >= 11 is 9.76. The smallest absolute Gasteiger partial charge is 0.387 e. The fourth-order valence-electron chi connectivity index (χ4n) is 0.906. The number of hydrogen-bond donors (Lipinski definition) is 0. The normalized spacial score (nSPS) is 10.7. The van der Waals surface area contributed by atoms with Crippen LogP contribution < -0.4 is 4.74 Å². The van der Waals surface area contributed by atoms with Gasteiger partial charge in [0.05, 0.1) is 0 Å². The van der Waals surface area contributed by atoms with Crippen LogP contribution in [0, 0.1) is 0 Å². The van der Waals surface area contributed by atoms with Crippen molar-refractivity contribution in [1.29, 1.82) is 0 Å². The molecular weight excluding hydrogens is 390 g/mol. The van der Waals surface area contributed by atoms with Crippen molar-refractivity contribution < 1.29 is 13.5 Å². The summed E-state index contributed by atoms with van der Waals surface area (Å²) in [6.45, 7) is -2.80. The molecule has 0 atom stereocenters. The first kappa shape index (κ1) is 12.4. The minimum absolute atomic E-state index is 0.173. The second kappa shape index (κ2) is 5.42. The van der Waals surface area contributed by atoms with Crippen molar-refractivity contribution >= 4 is 47.8 Å². The molecule has 0 spiro atoms. The van der Waals surface area contributed by atoms with Crippen LogP contribution in [0.2, 0.25) is 0 Å². The van der Waals surface area contributed by atoms with Crippen LogP contribution >= 0.6 is 47.8 Å². The molecule has 0 aliphatic rings. The predicted octanol–water partition coefficient (Wildman–Crippen LogP) is 4.71. The van der Waals surface area contributed by atoms with Gasteiger partial charge in [-0.1, -0.05) is 15.9 Å². The van der Waals surface area contributed by atoms with Crippen LogP contribution in [0.15, 0.2) is 21.1 Å². The van der Waals surface area contributed by atoms with Crippen LogP contribution in [-0.4, -0.2) is 6.61 Å². The maximum absolute atomic E-state index is 12.0. The van der Waals surface area contributed by atoms with Crippen molar-refractivity contribution in [3.05, 3.63) is 26.6 Å². The Hall–Kier alpha value is 0.320. The third-order valence-corrected chi connectivity index (χ3v) is 4.16. The Labute approximate surface area is 105 Å². The number of ether oxygens (including phenoxy) is 1. The van der Waals surface area contributed by atoms with E-state index >= 15 is 0 Å². The summed E-state index contributed by atoms with van der Waals surface area (Å²) in [6.07, 6.45) is 0. The zero-order valence-corrected chi connectivity index (χ0v) is 11.5. The van der Waals surface area contributed by atoms with Gasteiger partial charge in [0.1, 0.15) is 5.75 Å². The van der Waals surface area contributed by atoms with Gasteiger partial charge in [-0.3, -0.25) is 0 Å². The maximum atomic E-state index is 12.0. The van der Waals surface area contributed by atoms with Gasteiger partial charge >= 0.3 is 6.61 Å². The molecule has 0 aromatic heterocycles. The summed E-state index contributed by atoms with van der Waals surface area (Å²) in [5.41, 5.74) is 0.652. The Morgan fingerprint density at radius 2 is 1.93 bits per heavy atom. The molecule has 0 aliphatic carbocycles. The average Bonchev–Trinajstić information content (AvgIpc) is 2.11. The first-order valence-electron chi connectivity index (χ1n) is 3.54. The predicted molar refractivity (Wildman–Crippen MR) is 61.1 cm³/mol. The number of halogens is 5. The standard InChI is InChI=1S/C8H5Br3F2O/c9-3-4-6(14-8(12)13)2-1-5(10)7(4)11/h1-2,8H,3H2. The molecule has 1 nitrogen and oxygen atoms in total. The van der Waals surface area contributed by atoms with Crippen LogP contribution in [0.25, 0.3) is 0 Å². The third-order valence-electron chi connectivity index (χ3n) is 1.50. The number of benzene rings is 1. The zero-order chi connectivity index (χ0) is 10.7. The molecule has 0 bridgehead atoms. The van der Waals surface area contributed by atoms with Crippen LogP contribution in [-0.2, 0) is 5.33 Å². The largest absolute Gasteiger partial charge is 0.434 e. The summed E-state index contributed by atoms with van der Waals surface area (Å²) in [4.78, 5) is 0. The lowest BCUT2D eigenvalue weighted by Crippen LogP contribution is -2.04. The molecule has 0 aliphatic heterocycles. The Morgan fingerprint density at radius 3 is 2.43 bits per heavy atom. The van der Waals surface area contributed by atoms with Crippen molar-refractivity contribution in [2.24, 2.45) is 0 Å². The maximum Gasteiger partial charge on any atom is 0.387 e. The average molecular weight is 395 g/mol. The van der Waals surface area contributed by atoms with Gasteiger partial charge < -0.3 is 4.74 Å². The molecule has 0 unspecified atom stereocenters. The fraction of sp³-hybridized carbons (Fsp3) is 0.250. The van der Waals surface area contributed by atoms with E-state index in [-0.39, 0.29) is 5.75 Å². The Bertz CT molecular complexity index is 331. The molecule has 6 heteroatoms. The van der Waals surface area contributed by atoms with Crippen LogP contribution in [0.4, 0.5) is 8.78 Å². The van der Waals surface area contributed by atoms with Gasteiger partial charge in [0.2, 0.25) is 0 Å². The van der Waals surface area contributed by atoms with E-state index < -0.39 is 6.61 Å². The van der Waals surface area contributed by atoms with Gasteiger partial charge in [-0.2, -0.15) is 8.78 Å². The van der Waals surface area contributed by atoms with E-state index in [0.29, 0.717) is 15.4 Å². The molecular formula is C8H5Br3F2O. The second-order valence-corrected chi connectivity index (χ2v) is 4.56. The molecule has 0 saturated heterocycles. The zero-order valence-electron chi connectivity index (χ0n) is 6.74. The van der Waals surface area contributed by atoms with Gasteiger partial charge in [0.25, 0.3) is 0 Å². The molecule has 1 aromatic rings. The van der Waals surface area contributed by atoms with Crippen molar-refractivity contribution in [2.75, 3.05) is 0 Å². The Balaban J connectivity index is 3.10. The van der Waals surface area contributed by atoms with E-state index in [9.17, 15) is 8.78 Å². The Kier molecular flexibility index (Phi) is 4.79. The molecule has 1 aromatic carbocycles. The molecule has 0 heterocycles.